The van der Waals surface area contributed by atoms with Crippen molar-refractivity contribution >= 4 is 5.78 Å². The highest BCUT2D eigenvalue weighted by Crippen LogP contribution is 2.63. The average Bonchev–Trinajstić information content (AvgIpc) is 2.90. The molecule has 0 amide bonds. The first kappa shape index (κ1) is 13.6. The maximum atomic E-state index is 12.6. The van der Waals surface area contributed by atoms with Crippen LogP contribution in [-0.4, -0.2) is 54.2 Å². The molecule has 1 spiro atoms. The van der Waals surface area contributed by atoms with E-state index in [4.69, 9.17) is 9.47 Å². The minimum Gasteiger partial charge on any atom is -0.493 e. The van der Waals surface area contributed by atoms with Crippen LogP contribution in [-0.2, 0) is 16.6 Å². The molecule has 5 heteroatoms. The number of methoxy groups -OCH3 is 1. The highest BCUT2D eigenvalue weighted by molar-refractivity contribution is 5.99. The molecule has 0 aromatic heterocycles. The fourth-order valence-electron chi connectivity index (χ4n) is 5.28. The molecular formula is C18H19NO4. The van der Waals surface area contributed by atoms with Gasteiger partial charge in [0.05, 0.1) is 12.5 Å². The fourth-order valence-corrected chi connectivity index (χ4v) is 5.28. The molecule has 4 aliphatic rings. The smallest absolute Gasteiger partial charge is 0.196 e. The molecule has 120 valence electrons. The SMILES string of the molecule is COc1ccc2c3c1O[C@H]1C(=O)C=C[C@@]4(O)[C@@H](C2)N(C)CC[C@]314. The summed E-state index contributed by atoms with van der Waals surface area (Å²) in [6, 6.07) is 3.92. The number of aliphatic hydroxyl groups is 1. The molecule has 0 unspecified atom stereocenters. The number of ketones is 1. The molecule has 1 saturated heterocycles. The predicted octanol–water partition coefficient (Wildman–Crippen LogP) is 0.824. The quantitative estimate of drug-likeness (QED) is 0.832. The number of carbonyl (C=O) groups is 1. The van der Waals surface area contributed by atoms with Crippen LogP contribution in [0.15, 0.2) is 24.3 Å². The van der Waals surface area contributed by atoms with Gasteiger partial charge in [-0.2, -0.15) is 0 Å². The van der Waals surface area contributed by atoms with E-state index in [0.717, 1.165) is 24.1 Å². The summed E-state index contributed by atoms with van der Waals surface area (Å²) in [5.41, 5.74) is 0.385. The van der Waals surface area contributed by atoms with Crippen LogP contribution < -0.4 is 9.47 Å². The summed E-state index contributed by atoms with van der Waals surface area (Å²) in [7, 11) is 3.65. The normalized spacial score (nSPS) is 39.9. The summed E-state index contributed by atoms with van der Waals surface area (Å²) in [5, 5.41) is 11.7. The van der Waals surface area contributed by atoms with Gasteiger partial charge < -0.3 is 14.6 Å². The maximum Gasteiger partial charge on any atom is 0.196 e. The third-order valence-corrected chi connectivity index (χ3v) is 6.34. The second-order valence-corrected chi connectivity index (χ2v) is 7.11. The molecule has 5 nitrogen and oxygen atoms in total. The minimum atomic E-state index is -1.08. The van der Waals surface area contributed by atoms with Crippen molar-refractivity contribution in [1.29, 1.82) is 0 Å². The van der Waals surface area contributed by atoms with E-state index < -0.39 is 17.1 Å². The summed E-state index contributed by atoms with van der Waals surface area (Å²) in [4.78, 5) is 14.8. The summed E-state index contributed by atoms with van der Waals surface area (Å²) in [6.07, 6.45) is 4.00. The van der Waals surface area contributed by atoms with Crippen molar-refractivity contribution in [2.75, 3.05) is 20.7 Å². The number of rotatable bonds is 1. The number of hydrogen-bond acceptors (Lipinski definition) is 5. The second-order valence-electron chi connectivity index (χ2n) is 7.11. The average molecular weight is 313 g/mol. The third-order valence-electron chi connectivity index (χ3n) is 6.34. The van der Waals surface area contributed by atoms with Crippen LogP contribution in [0.4, 0.5) is 0 Å². The minimum absolute atomic E-state index is 0.0430. The van der Waals surface area contributed by atoms with Gasteiger partial charge in [0, 0.05) is 11.6 Å². The molecular weight excluding hydrogens is 294 g/mol. The van der Waals surface area contributed by atoms with E-state index in [2.05, 4.69) is 11.0 Å². The summed E-state index contributed by atoms with van der Waals surface area (Å²) in [5.74, 6) is 1.22. The monoisotopic (exact) mass is 313 g/mol. The largest absolute Gasteiger partial charge is 0.493 e. The van der Waals surface area contributed by atoms with Gasteiger partial charge in [-0.3, -0.25) is 9.69 Å². The Kier molecular flexibility index (Phi) is 2.34. The molecule has 4 atom stereocenters. The summed E-state index contributed by atoms with van der Waals surface area (Å²) >= 11 is 0. The lowest BCUT2D eigenvalue weighted by Gasteiger charge is -2.60. The second kappa shape index (κ2) is 3.97. The van der Waals surface area contributed by atoms with E-state index in [0.29, 0.717) is 17.9 Å². The van der Waals surface area contributed by atoms with Gasteiger partial charge in [0.2, 0.25) is 0 Å². The molecule has 2 heterocycles. The van der Waals surface area contributed by atoms with E-state index >= 15 is 0 Å². The van der Waals surface area contributed by atoms with Crippen LogP contribution in [0.1, 0.15) is 17.5 Å². The van der Waals surface area contributed by atoms with Crippen LogP contribution in [0.25, 0.3) is 0 Å². The van der Waals surface area contributed by atoms with Gasteiger partial charge in [0.1, 0.15) is 5.60 Å². The van der Waals surface area contributed by atoms with Crippen LogP contribution in [0.3, 0.4) is 0 Å². The van der Waals surface area contributed by atoms with Crippen LogP contribution in [0, 0.1) is 0 Å². The van der Waals surface area contributed by atoms with Crippen LogP contribution in [0.2, 0.25) is 0 Å². The van der Waals surface area contributed by atoms with Gasteiger partial charge in [0.25, 0.3) is 0 Å². The van der Waals surface area contributed by atoms with Crippen LogP contribution in [0.5, 0.6) is 11.5 Å². The number of carbonyl (C=O) groups excluding carboxylic acids is 1. The Labute approximate surface area is 134 Å². The molecule has 2 aliphatic heterocycles. The van der Waals surface area contributed by atoms with E-state index in [1.165, 1.54) is 6.08 Å². The van der Waals surface area contributed by atoms with E-state index in [-0.39, 0.29) is 11.8 Å². The first-order valence-corrected chi connectivity index (χ1v) is 8.05. The van der Waals surface area contributed by atoms with Crippen molar-refractivity contribution in [2.45, 2.75) is 36.0 Å². The Morgan fingerprint density at radius 1 is 1.43 bits per heavy atom. The van der Waals surface area contributed by atoms with Crippen molar-refractivity contribution in [3.8, 4) is 11.5 Å². The lowest BCUT2D eigenvalue weighted by Crippen LogP contribution is -2.74. The van der Waals surface area contributed by atoms with Crippen LogP contribution >= 0.6 is 0 Å². The zero-order valence-electron chi connectivity index (χ0n) is 13.2. The Morgan fingerprint density at radius 2 is 2.26 bits per heavy atom. The number of likely N-dealkylation sites (N-methyl/N-ethyl adjacent to an activating group) is 1. The third kappa shape index (κ3) is 1.28. The maximum absolute atomic E-state index is 12.6. The van der Waals surface area contributed by atoms with Gasteiger partial charge in [-0.1, -0.05) is 6.07 Å². The lowest BCUT2D eigenvalue weighted by atomic mass is 9.51. The summed E-state index contributed by atoms with van der Waals surface area (Å²) < 4.78 is 11.6. The molecule has 1 N–H and O–H groups in total. The number of piperidine rings is 1. The lowest BCUT2D eigenvalue weighted by molar-refractivity contribution is -0.151. The fraction of sp³-hybridized carbons (Fsp3) is 0.500. The van der Waals surface area contributed by atoms with Gasteiger partial charge in [-0.15, -0.1) is 0 Å². The number of hydrogen-bond donors (Lipinski definition) is 1. The van der Waals surface area contributed by atoms with Crippen molar-refractivity contribution in [3.05, 3.63) is 35.4 Å². The first-order valence-electron chi connectivity index (χ1n) is 8.05. The first-order chi connectivity index (χ1) is 11.0. The zero-order chi connectivity index (χ0) is 16.0. The van der Waals surface area contributed by atoms with E-state index in [9.17, 15) is 9.90 Å². The molecule has 0 saturated carbocycles. The van der Waals surface area contributed by atoms with Crippen molar-refractivity contribution < 1.29 is 19.4 Å². The Hall–Kier alpha value is -1.85. The van der Waals surface area contributed by atoms with Gasteiger partial charge in [-0.25, -0.2) is 0 Å². The molecule has 0 radical (unpaired) electrons. The zero-order valence-corrected chi connectivity index (χ0v) is 13.2. The number of likely N-dealkylation sites (tertiary alicyclic amines) is 1. The molecule has 2 aliphatic carbocycles. The van der Waals surface area contributed by atoms with E-state index in [1.54, 1.807) is 13.2 Å². The molecule has 2 bridgehead atoms. The molecule has 5 rings (SSSR count). The molecule has 23 heavy (non-hydrogen) atoms. The Bertz CT molecular complexity index is 773. The molecule has 1 aromatic rings. The van der Waals surface area contributed by atoms with Gasteiger partial charge in [-0.05, 0) is 50.2 Å². The molecule has 1 aromatic carbocycles. The van der Waals surface area contributed by atoms with Crippen molar-refractivity contribution in [2.24, 2.45) is 0 Å². The number of nitrogens with zero attached hydrogens (tertiary/aromatic N) is 1. The highest BCUT2D eigenvalue weighted by atomic mass is 16.5. The highest BCUT2D eigenvalue weighted by Gasteiger charge is 2.71. The Balaban J connectivity index is 1.89. The Morgan fingerprint density at radius 3 is 3.04 bits per heavy atom. The van der Waals surface area contributed by atoms with Crippen molar-refractivity contribution in [3.63, 3.8) is 0 Å². The van der Waals surface area contributed by atoms with Crippen molar-refractivity contribution in [1.82, 2.24) is 4.90 Å². The summed E-state index contributed by atoms with van der Waals surface area (Å²) in [6.45, 7) is 0.837. The number of ether oxygens (including phenoxy) is 2. The number of benzene rings is 1. The predicted molar refractivity (Wildman–Crippen MR) is 82.9 cm³/mol. The topological polar surface area (TPSA) is 59.0 Å². The standard InChI is InChI=1S/C18H19NO4/c1-19-8-7-17-14-10-3-4-12(22-2)15(14)23-16(17)11(20)5-6-18(17,21)13(19)9-10/h3-6,13,16,21H,7-9H2,1-2H3/t13-,16+,17+,18-/m1/s1. The van der Waals surface area contributed by atoms with E-state index in [1.807, 2.05) is 13.1 Å². The van der Waals surface area contributed by atoms with Gasteiger partial charge >= 0.3 is 0 Å². The molecule has 1 fully saturated rings. The van der Waals surface area contributed by atoms with Gasteiger partial charge in [0.15, 0.2) is 23.4 Å².